The highest BCUT2D eigenvalue weighted by molar-refractivity contribution is 9.10. The monoisotopic (exact) mass is 453 g/mol. The van der Waals surface area contributed by atoms with Crippen molar-refractivity contribution in [1.29, 1.82) is 0 Å². The van der Waals surface area contributed by atoms with Gasteiger partial charge in [0.15, 0.2) is 6.79 Å². The lowest BCUT2D eigenvalue weighted by atomic mass is 9.90. The third-order valence-electron chi connectivity index (χ3n) is 4.97. The van der Waals surface area contributed by atoms with Crippen LogP contribution in [-0.4, -0.2) is 39.7 Å². The maximum atomic E-state index is 13.1. The maximum Gasteiger partial charge on any atom is 0.243 e. The molecule has 0 spiro atoms. The van der Waals surface area contributed by atoms with Crippen LogP contribution in [-0.2, 0) is 14.8 Å². The lowest BCUT2D eigenvalue weighted by Crippen LogP contribution is -2.37. The van der Waals surface area contributed by atoms with E-state index in [1.807, 2.05) is 25.1 Å². The molecule has 2 aromatic rings. The van der Waals surface area contributed by atoms with Gasteiger partial charge in [-0.2, -0.15) is 4.31 Å². The molecular weight excluding hydrogens is 430 g/mol. The van der Waals surface area contributed by atoms with E-state index < -0.39 is 10.0 Å². The van der Waals surface area contributed by atoms with Crippen LogP contribution in [0.2, 0.25) is 0 Å². The van der Waals surface area contributed by atoms with Gasteiger partial charge in [-0.3, -0.25) is 0 Å². The zero-order chi connectivity index (χ0) is 19.4. The number of benzene rings is 2. The summed E-state index contributed by atoms with van der Waals surface area (Å²) in [6.45, 7) is 2.97. The Labute approximate surface area is 169 Å². The molecule has 0 bridgehead atoms. The van der Waals surface area contributed by atoms with Gasteiger partial charge in [0.1, 0.15) is 5.75 Å². The second-order valence-electron chi connectivity index (χ2n) is 6.67. The van der Waals surface area contributed by atoms with Gasteiger partial charge in [0.05, 0.1) is 4.90 Å². The van der Waals surface area contributed by atoms with Crippen molar-refractivity contribution in [3.63, 3.8) is 0 Å². The Kier molecular flexibility index (Phi) is 6.57. The molecule has 1 aliphatic heterocycles. The molecule has 0 saturated carbocycles. The summed E-state index contributed by atoms with van der Waals surface area (Å²) in [4.78, 5) is 0.240. The molecule has 1 saturated heterocycles. The molecule has 1 fully saturated rings. The molecule has 0 radical (unpaired) electrons. The quantitative estimate of drug-likeness (QED) is 0.611. The number of nitrogens with zero attached hydrogens (tertiary/aromatic N) is 1. The standard InChI is InChI=1S/C20H24BrNO4S/c1-15-19(21)12-18(13-20(15)26-14-25-2)27(23,24)22-10-8-17(9-11-22)16-6-4-3-5-7-16/h3-7,12-13,17H,8-11,14H2,1-2H3. The van der Waals surface area contributed by atoms with Gasteiger partial charge in [0.25, 0.3) is 0 Å². The van der Waals surface area contributed by atoms with Crippen LogP contribution in [0.1, 0.15) is 29.9 Å². The van der Waals surface area contributed by atoms with Gasteiger partial charge in [0.2, 0.25) is 10.0 Å². The average Bonchev–Trinajstić information content (AvgIpc) is 2.69. The van der Waals surface area contributed by atoms with Crippen molar-refractivity contribution in [1.82, 2.24) is 4.31 Å². The molecule has 5 nitrogen and oxygen atoms in total. The smallest absolute Gasteiger partial charge is 0.243 e. The summed E-state index contributed by atoms with van der Waals surface area (Å²) in [5, 5.41) is 0. The predicted octanol–water partition coefficient (Wildman–Crippen LogP) is 4.31. The van der Waals surface area contributed by atoms with Crippen molar-refractivity contribution in [2.24, 2.45) is 0 Å². The molecule has 2 aromatic carbocycles. The van der Waals surface area contributed by atoms with Gasteiger partial charge in [-0.1, -0.05) is 46.3 Å². The number of rotatable bonds is 6. The minimum absolute atomic E-state index is 0.0687. The second kappa shape index (κ2) is 8.73. The van der Waals surface area contributed by atoms with E-state index in [0.29, 0.717) is 29.2 Å². The number of hydrogen-bond donors (Lipinski definition) is 0. The number of methoxy groups -OCH3 is 1. The zero-order valence-corrected chi connectivity index (χ0v) is 17.9. The Balaban J connectivity index is 1.78. The number of halogens is 1. The third-order valence-corrected chi connectivity index (χ3v) is 7.67. The minimum atomic E-state index is -3.57. The number of hydrogen-bond acceptors (Lipinski definition) is 4. The number of piperidine rings is 1. The third kappa shape index (κ3) is 4.54. The summed E-state index contributed by atoms with van der Waals surface area (Å²) in [5.41, 5.74) is 2.12. The van der Waals surface area contributed by atoms with Gasteiger partial charge >= 0.3 is 0 Å². The first-order valence-corrected chi connectivity index (χ1v) is 11.1. The molecule has 0 N–H and O–H groups in total. The van der Waals surface area contributed by atoms with Gasteiger partial charge in [-0.15, -0.1) is 0 Å². The fourth-order valence-corrected chi connectivity index (χ4v) is 5.46. The second-order valence-corrected chi connectivity index (χ2v) is 9.46. The van der Waals surface area contributed by atoms with Gasteiger partial charge in [-0.25, -0.2) is 8.42 Å². The predicted molar refractivity (Wildman–Crippen MR) is 109 cm³/mol. The van der Waals surface area contributed by atoms with E-state index >= 15 is 0 Å². The molecule has 0 aliphatic carbocycles. The summed E-state index contributed by atoms with van der Waals surface area (Å²) in [7, 11) is -2.04. The number of ether oxygens (including phenoxy) is 2. The summed E-state index contributed by atoms with van der Waals surface area (Å²) in [6.07, 6.45) is 1.65. The van der Waals surface area contributed by atoms with E-state index in [1.165, 1.54) is 12.7 Å². The highest BCUT2D eigenvalue weighted by atomic mass is 79.9. The molecule has 0 amide bonds. The van der Waals surface area contributed by atoms with E-state index in [4.69, 9.17) is 9.47 Å². The van der Waals surface area contributed by atoms with Crippen molar-refractivity contribution in [2.75, 3.05) is 27.0 Å². The van der Waals surface area contributed by atoms with E-state index in [9.17, 15) is 8.42 Å². The summed E-state index contributed by atoms with van der Waals surface area (Å²) in [5.74, 6) is 0.909. The SMILES string of the molecule is COCOc1cc(S(=O)(=O)N2CCC(c3ccccc3)CC2)cc(Br)c1C. The summed E-state index contributed by atoms with van der Waals surface area (Å²) in [6, 6.07) is 13.5. The van der Waals surface area contributed by atoms with Crippen molar-refractivity contribution >= 4 is 26.0 Å². The van der Waals surface area contributed by atoms with Crippen LogP contribution >= 0.6 is 15.9 Å². The molecule has 0 unspecified atom stereocenters. The van der Waals surface area contributed by atoms with Crippen molar-refractivity contribution in [2.45, 2.75) is 30.6 Å². The first kappa shape index (κ1) is 20.3. The van der Waals surface area contributed by atoms with Crippen LogP contribution in [0.4, 0.5) is 0 Å². The van der Waals surface area contributed by atoms with E-state index in [-0.39, 0.29) is 11.7 Å². The van der Waals surface area contributed by atoms with Crippen LogP contribution in [0, 0.1) is 6.92 Å². The molecule has 3 rings (SSSR count). The van der Waals surface area contributed by atoms with Crippen LogP contribution in [0.25, 0.3) is 0 Å². The van der Waals surface area contributed by atoms with Crippen LogP contribution in [0.3, 0.4) is 0 Å². The number of sulfonamides is 1. The Morgan fingerprint density at radius 2 is 1.81 bits per heavy atom. The lowest BCUT2D eigenvalue weighted by Gasteiger charge is -2.31. The summed E-state index contributed by atoms with van der Waals surface area (Å²) < 4.78 is 39.0. The molecule has 1 aliphatic rings. The van der Waals surface area contributed by atoms with Gasteiger partial charge in [0, 0.05) is 36.3 Å². The lowest BCUT2D eigenvalue weighted by molar-refractivity contribution is 0.0504. The summed E-state index contributed by atoms with van der Waals surface area (Å²) >= 11 is 3.44. The Morgan fingerprint density at radius 1 is 1.15 bits per heavy atom. The topological polar surface area (TPSA) is 55.8 Å². The molecule has 0 aromatic heterocycles. The normalized spacial score (nSPS) is 16.4. The first-order valence-electron chi connectivity index (χ1n) is 8.90. The molecule has 146 valence electrons. The fourth-order valence-electron chi connectivity index (χ4n) is 3.35. The van der Waals surface area contributed by atoms with Crippen molar-refractivity contribution in [3.8, 4) is 5.75 Å². The molecule has 1 heterocycles. The fraction of sp³-hybridized carbons (Fsp3) is 0.400. The molecular formula is C20H24BrNO4S. The highest BCUT2D eigenvalue weighted by Gasteiger charge is 2.30. The van der Waals surface area contributed by atoms with E-state index in [2.05, 4.69) is 28.1 Å². The minimum Gasteiger partial charge on any atom is -0.467 e. The Hall–Kier alpha value is -1.41. The average molecular weight is 454 g/mol. The van der Waals surface area contributed by atoms with Gasteiger partial charge < -0.3 is 9.47 Å². The van der Waals surface area contributed by atoms with E-state index in [1.54, 1.807) is 16.4 Å². The van der Waals surface area contributed by atoms with Crippen LogP contribution in [0.5, 0.6) is 5.75 Å². The molecule has 27 heavy (non-hydrogen) atoms. The van der Waals surface area contributed by atoms with Crippen LogP contribution < -0.4 is 4.74 Å². The zero-order valence-electron chi connectivity index (χ0n) is 15.5. The first-order chi connectivity index (χ1) is 12.9. The Morgan fingerprint density at radius 3 is 2.44 bits per heavy atom. The van der Waals surface area contributed by atoms with Crippen molar-refractivity contribution in [3.05, 3.63) is 58.1 Å². The highest BCUT2D eigenvalue weighted by Crippen LogP contribution is 2.34. The van der Waals surface area contributed by atoms with E-state index in [0.717, 1.165) is 18.4 Å². The van der Waals surface area contributed by atoms with Gasteiger partial charge in [-0.05, 0) is 37.3 Å². The Bertz CT molecular complexity index is 878. The molecule has 7 heteroatoms. The largest absolute Gasteiger partial charge is 0.467 e. The van der Waals surface area contributed by atoms with Crippen molar-refractivity contribution < 1.29 is 17.9 Å². The molecule has 0 atom stereocenters. The van der Waals surface area contributed by atoms with Crippen LogP contribution in [0.15, 0.2) is 51.8 Å². The maximum absolute atomic E-state index is 13.1.